The average molecular weight is 338 g/mol. The Kier molecular flexibility index (Phi) is 4.13. The molecule has 2 amide bonds. The smallest absolute Gasteiger partial charge is 0.317 e. The monoisotopic (exact) mass is 338 g/mol. The number of fused-ring (bicyclic) bond motifs is 1. The summed E-state index contributed by atoms with van der Waals surface area (Å²) in [5.74, 6) is 1.33. The summed E-state index contributed by atoms with van der Waals surface area (Å²) >= 11 is 0. The zero-order valence-electron chi connectivity index (χ0n) is 14.3. The Hall–Kier alpha value is -2.83. The number of likely N-dealkylation sites (tertiary alicyclic amines) is 1. The van der Waals surface area contributed by atoms with Gasteiger partial charge in [-0.25, -0.2) is 14.8 Å². The average Bonchev–Trinajstić information content (AvgIpc) is 3.29. The van der Waals surface area contributed by atoms with Crippen molar-refractivity contribution in [3.8, 4) is 0 Å². The molecule has 1 aromatic carbocycles. The quantitative estimate of drug-likeness (QED) is 0.769. The number of carbonyl (C=O) groups excluding carboxylic acids is 1. The van der Waals surface area contributed by atoms with Gasteiger partial charge in [-0.15, -0.1) is 0 Å². The molecule has 2 N–H and O–H groups in total. The second kappa shape index (κ2) is 6.58. The Balaban J connectivity index is 1.34. The van der Waals surface area contributed by atoms with Crippen molar-refractivity contribution < 1.29 is 4.79 Å². The standard InChI is InChI=1S/C18H22N6O/c1-23-16-5-3-2-4-14(16)22-17(23)11-20-18(25)24-8-6-13(7-9-24)15-10-19-12-21-15/h2-5,10,12-13H,6-9,11H2,1H3,(H,19,21)(H,20,25). The number of carbonyl (C=O) groups is 1. The van der Waals surface area contributed by atoms with E-state index in [0.29, 0.717) is 12.5 Å². The van der Waals surface area contributed by atoms with Crippen LogP contribution < -0.4 is 5.32 Å². The van der Waals surface area contributed by atoms with Crippen molar-refractivity contribution in [2.75, 3.05) is 13.1 Å². The van der Waals surface area contributed by atoms with Crippen molar-refractivity contribution in [2.45, 2.75) is 25.3 Å². The fourth-order valence-corrected chi connectivity index (χ4v) is 3.50. The number of aromatic nitrogens is 4. The van der Waals surface area contributed by atoms with E-state index in [1.165, 1.54) is 5.69 Å². The minimum absolute atomic E-state index is 0.0184. The van der Waals surface area contributed by atoms with Crippen molar-refractivity contribution >= 4 is 17.1 Å². The molecule has 4 rings (SSSR count). The van der Waals surface area contributed by atoms with Gasteiger partial charge >= 0.3 is 6.03 Å². The van der Waals surface area contributed by atoms with E-state index in [4.69, 9.17) is 0 Å². The molecule has 0 spiro atoms. The number of urea groups is 1. The van der Waals surface area contributed by atoms with E-state index < -0.39 is 0 Å². The van der Waals surface area contributed by atoms with E-state index in [1.807, 2.05) is 47.0 Å². The van der Waals surface area contributed by atoms with Gasteiger partial charge in [0, 0.05) is 37.9 Å². The molecule has 0 radical (unpaired) electrons. The van der Waals surface area contributed by atoms with Gasteiger partial charge in [0.05, 0.1) is 23.9 Å². The first kappa shape index (κ1) is 15.7. The third-order valence-electron chi connectivity index (χ3n) is 5.02. The predicted octanol–water partition coefficient (Wildman–Crippen LogP) is 2.39. The number of para-hydroxylation sites is 2. The predicted molar refractivity (Wildman–Crippen MR) is 95.1 cm³/mol. The van der Waals surface area contributed by atoms with E-state index >= 15 is 0 Å². The summed E-state index contributed by atoms with van der Waals surface area (Å²) in [4.78, 5) is 26.2. The Morgan fingerprint density at radius 2 is 2.12 bits per heavy atom. The van der Waals surface area contributed by atoms with Crippen LogP contribution in [0.25, 0.3) is 11.0 Å². The lowest BCUT2D eigenvalue weighted by Crippen LogP contribution is -2.44. The third kappa shape index (κ3) is 3.09. The molecule has 1 aliphatic heterocycles. The highest BCUT2D eigenvalue weighted by Crippen LogP contribution is 2.26. The van der Waals surface area contributed by atoms with Crippen LogP contribution in [0.5, 0.6) is 0 Å². The Bertz CT molecular complexity index is 861. The summed E-state index contributed by atoms with van der Waals surface area (Å²) in [6, 6.07) is 7.97. The number of nitrogens with zero attached hydrogens (tertiary/aromatic N) is 4. The number of H-pyrrole nitrogens is 1. The maximum Gasteiger partial charge on any atom is 0.317 e. The molecule has 130 valence electrons. The molecule has 3 aromatic rings. The number of imidazole rings is 2. The highest BCUT2D eigenvalue weighted by atomic mass is 16.2. The first-order chi connectivity index (χ1) is 12.2. The van der Waals surface area contributed by atoms with Crippen molar-refractivity contribution in [1.82, 2.24) is 29.7 Å². The van der Waals surface area contributed by atoms with Crippen LogP contribution in [0.1, 0.15) is 30.3 Å². The topological polar surface area (TPSA) is 78.8 Å². The van der Waals surface area contributed by atoms with Crippen molar-refractivity contribution in [2.24, 2.45) is 7.05 Å². The first-order valence-electron chi connectivity index (χ1n) is 8.64. The van der Waals surface area contributed by atoms with Gasteiger partial charge < -0.3 is 19.8 Å². The SMILES string of the molecule is Cn1c(CNC(=O)N2CCC(c3cnc[nH]3)CC2)nc2ccccc21. The molecule has 7 heteroatoms. The summed E-state index contributed by atoms with van der Waals surface area (Å²) in [6.45, 7) is 1.96. The Morgan fingerprint density at radius 3 is 2.84 bits per heavy atom. The van der Waals surface area contributed by atoms with Gasteiger partial charge in [-0.2, -0.15) is 0 Å². The van der Waals surface area contributed by atoms with Gasteiger partial charge in [0.2, 0.25) is 0 Å². The molecule has 0 aliphatic carbocycles. The van der Waals surface area contributed by atoms with E-state index in [2.05, 4.69) is 20.3 Å². The first-order valence-corrected chi connectivity index (χ1v) is 8.64. The zero-order chi connectivity index (χ0) is 17.2. The highest BCUT2D eigenvalue weighted by molar-refractivity contribution is 5.76. The van der Waals surface area contributed by atoms with E-state index in [-0.39, 0.29) is 6.03 Å². The van der Waals surface area contributed by atoms with Gasteiger partial charge in [-0.3, -0.25) is 0 Å². The summed E-state index contributed by atoms with van der Waals surface area (Å²) in [5.41, 5.74) is 3.20. The van der Waals surface area contributed by atoms with Crippen molar-refractivity contribution in [1.29, 1.82) is 0 Å². The number of aryl methyl sites for hydroxylation is 1. The van der Waals surface area contributed by atoms with Gasteiger partial charge in [0.15, 0.2) is 0 Å². The lowest BCUT2D eigenvalue weighted by molar-refractivity contribution is 0.180. The second-order valence-corrected chi connectivity index (χ2v) is 6.50. The minimum atomic E-state index is -0.0184. The number of nitrogens with one attached hydrogen (secondary N) is 2. The molecular weight excluding hydrogens is 316 g/mol. The van der Waals surface area contributed by atoms with E-state index in [1.54, 1.807) is 6.33 Å². The highest BCUT2D eigenvalue weighted by Gasteiger charge is 2.24. The van der Waals surface area contributed by atoms with Gasteiger partial charge in [0.1, 0.15) is 5.82 Å². The summed E-state index contributed by atoms with van der Waals surface area (Å²) in [7, 11) is 1.98. The normalized spacial score (nSPS) is 15.6. The molecule has 3 heterocycles. The largest absolute Gasteiger partial charge is 0.348 e. The summed E-state index contributed by atoms with van der Waals surface area (Å²) in [6.07, 6.45) is 5.52. The van der Waals surface area contributed by atoms with Crippen LogP contribution in [0, 0.1) is 0 Å². The number of aromatic amines is 1. The fraction of sp³-hybridized carbons (Fsp3) is 0.389. The lowest BCUT2D eigenvalue weighted by atomic mass is 9.94. The minimum Gasteiger partial charge on any atom is -0.348 e. The van der Waals surface area contributed by atoms with Crippen LogP contribution in [0.4, 0.5) is 4.79 Å². The van der Waals surface area contributed by atoms with Crippen LogP contribution in [-0.4, -0.2) is 43.5 Å². The van der Waals surface area contributed by atoms with E-state index in [0.717, 1.165) is 42.8 Å². The number of rotatable bonds is 3. The molecule has 1 fully saturated rings. The number of hydrogen-bond donors (Lipinski definition) is 2. The fourth-order valence-electron chi connectivity index (χ4n) is 3.50. The third-order valence-corrected chi connectivity index (χ3v) is 5.02. The zero-order valence-corrected chi connectivity index (χ0v) is 14.3. The van der Waals surface area contributed by atoms with Crippen molar-refractivity contribution in [3.63, 3.8) is 0 Å². The number of amides is 2. The number of hydrogen-bond acceptors (Lipinski definition) is 3. The van der Waals surface area contributed by atoms with Crippen molar-refractivity contribution in [3.05, 3.63) is 48.3 Å². The lowest BCUT2D eigenvalue weighted by Gasteiger charge is -2.31. The molecule has 0 saturated carbocycles. The summed E-state index contributed by atoms with van der Waals surface area (Å²) in [5, 5.41) is 3.00. The summed E-state index contributed by atoms with van der Waals surface area (Å²) < 4.78 is 2.03. The van der Waals surface area contributed by atoms with Crippen LogP contribution >= 0.6 is 0 Å². The van der Waals surface area contributed by atoms with E-state index in [9.17, 15) is 4.79 Å². The second-order valence-electron chi connectivity index (χ2n) is 6.50. The number of benzene rings is 1. The molecule has 0 bridgehead atoms. The molecule has 1 saturated heterocycles. The van der Waals surface area contributed by atoms with Crippen LogP contribution in [0.2, 0.25) is 0 Å². The van der Waals surface area contributed by atoms with Gasteiger partial charge in [-0.1, -0.05) is 12.1 Å². The number of piperidine rings is 1. The molecule has 1 aliphatic rings. The van der Waals surface area contributed by atoms with Gasteiger partial charge in [-0.05, 0) is 25.0 Å². The molecular formula is C18H22N6O. The molecule has 0 atom stereocenters. The maximum absolute atomic E-state index is 12.4. The van der Waals surface area contributed by atoms with Crippen LogP contribution in [0.3, 0.4) is 0 Å². The van der Waals surface area contributed by atoms with Crippen LogP contribution in [0.15, 0.2) is 36.8 Å². The molecule has 25 heavy (non-hydrogen) atoms. The molecule has 2 aromatic heterocycles. The Labute approximate surface area is 146 Å². The molecule has 0 unspecified atom stereocenters. The van der Waals surface area contributed by atoms with Crippen LogP contribution in [-0.2, 0) is 13.6 Å². The maximum atomic E-state index is 12.4. The Morgan fingerprint density at radius 1 is 1.32 bits per heavy atom. The molecule has 7 nitrogen and oxygen atoms in total. The van der Waals surface area contributed by atoms with Gasteiger partial charge in [0.25, 0.3) is 0 Å².